The molecule has 1 aromatic carbocycles. The summed E-state index contributed by atoms with van der Waals surface area (Å²) in [5.74, 6) is -0.645. The van der Waals surface area contributed by atoms with Gasteiger partial charge in [0, 0.05) is 25.3 Å². The van der Waals surface area contributed by atoms with Crippen molar-refractivity contribution < 1.29 is 29.8 Å². The van der Waals surface area contributed by atoms with Gasteiger partial charge in [-0.2, -0.15) is 10.0 Å². The van der Waals surface area contributed by atoms with E-state index in [0.717, 1.165) is 11.8 Å². The lowest BCUT2D eigenvalue weighted by molar-refractivity contribution is -1.21. The van der Waals surface area contributed by atoms with Gasteiger partial charge in [-0.25, -0.2) is 0 Å². The number of thioether (sulfide) groups is 1. The molecule has 0 saturated carbocycles. The van der Waals surface area contributed by atoms with Crippen LogP contribution >= 0.6 is 11.8 Å². The van der Waals surface area contributed by atoms with E-state index in [0.29, 0.717) is 11.1 Å². The van der Waals surface area contributed by atoms with Crippen molar-refractivity contribution in [1.29, 1.82) is 0 Å². The zero-order chi connectivity index (χ0) is 18.1. The molecule has 0 radical (unpaired) electrons. The summed E-state index contributed by atoms with van der Waals surface area (Å²) < 4.78 is 0. The van der Waals surface area contributed by atoms with Crippen molar-refractivity contribution in [2.75, 3.05) is 12.8 Å². The van der Waals surface area contributed by atoms with Gasteiger partial charge in [-0.05, 0) is 5.56 Å². The van der Waals surface area contributed by atoms with Gasteiger partial charge < -0.3 is 15.8 Å². The van der Waals surface area contributed by atoms with E-state index in [4.69, 9.17) is 5.21 Å². The zero-order valence-electron chi connectivity index (χ0n) is 13.2. The van der Waals surface area contributed by atoms with Crippen LogP contribution < -0.4 is 16.0 Å². The van der Waals surface area contributed by atoms with Gasteiger partial charge in [-0.1, -0.05) is 41.4 Å². The molecule has 0 spiro atoms. The number of benzene rings is 1. The van der Waals surface area contributed by atoms with Crippen molar-refractivity contribution in [2.45, 2.75) is 19.6 Å². The second kappa shape index (κ2) is 10.0. The number of amides is 2. The van der Waals surface area contributed by atoms with Crippen LogP contribution in [-0.4, -0.2) is 41.0 Å². The van der Waals surface area contributed by atoms with Crippen LogP contribution in [0.5, 0.6) is 0 Å². The maximum absolute atomic E-state index is 12.1. The molecule has 0 saturated heterocycles. The van der Waals surface area contributed by atoms with Crippen LogP contribution in [-0.2, 0) is 21.0 Å². The molecule has 0 fully saturated rings. The number of carbonyl (C=O) groups excluding carboxylic acids is 3. The lowest BCUT2D eigenvalue weighted by Gasteiger charge is -2.15. The Balaban J connectivity index is 2.59. The number of quaternary nitrogens is 1. The van der Waals surface area contributed by atoms with Crippen LogP contribution in [0.3, 0.4) is 0 Å². The van der Waals surface area contributed by atoms with Crippen LogP contribution in [0.4, 0.5) is 0 Å². The predicted molar refractivity (Wildman–Crippen MR) is 85.8 cm³/mol. The first-order chi connectivity index (χ1) is 11.3. The third kappa shape index (κ3) is 7.06. The molecule has 24 heavy (non-hydrogen) atoms. The molecule has 4 N–H and O–H groups in total. The Morgan fingerprint density at radius 3 is 2.46 bits per heavy atom. The van der Waals surface area contributed by atoms with E-state index in [9.17, 15) is 19.6 Å². The Kier molecular flexibility index (Phi) is 8.36. The van der Waals surface area contributed by atoms with E-state index in [2.05, 4.69) is 15.5 Å². The smallest absolute Gasteiger partial charge is 0.243 e. The second-order valence-electron chi connectivity index (χ2n) is 4.72. The van der Waals surface area contributed by atoms with Crippen molar-refractivity contribution in [3.05, 3.63) is 40.6 Å². The maximum atomic E-state index is 12.1. The molecule has 10 heteroatoms. The molecule has 0 bridgehead atoms. The summed E-state index contributed by atoms with van der Waals surface area (Å²) in [6, 6.07) is 5.46. The fraction of sp³-hybridized carbons (Fsp3) is 0.357. The summed E-state index contributed by atoms with van der Waals surface area (Å²) in [7, 11) is 1.45. The van der Waals surface area contributed by atoms with Gasteiger partial charge in [0.05, 0.1) is 0 Å². The molecule has 2 amide bonds. The minimum Gasteiger partial charge on any atom is -0.566 e. The van der Waals surface area contributed by atoms with E-state index in [1.807, 2.05) is 0 Å². The second-order valence-corrected chi connectivity index (χ2v) is 5.71. The molecule has 0 heterocycles. The standard InChI is InChI=1S/C14H19N3O6S/c1-9(18)16-12(13(19)15-2)8-24-14(20)11-5-3-10(4-6-11)7-23-17(21)22/h3-6,12,17,21H,7-8H2,1-2H3,(H,15,19)(H,16,18)/t12-/m0/s1. The van der Waals surface area contributed by atoms with Crippen molar-refractivity contribution in [2.24, 2.45) is 0 Å². The lowest BCUT2D eigenvalue weighted by atomic mass is 10.2. The van der Waals surface area contributed by atoms with Gasteiger partial charge in [-0.15, -0.1) is 0 Å². The van der Waals surface area contributed by atoms with Crippen LogP contribution in [0, 0.1) is 5.21 Å². The SMILES string of the molecule is CNC(=O)[C@H](CSC(=O)c1ccc(CO[NH+]([O-])O)cc1)NC(C)=O. The highest BCUT2D eigenvalue weighted by atomic mass is 32.2. The van der Waals surface area contributed by atoms with Gasteiger partial charge in [0.25, 0.3) is 0 Å². The number of hydrogen-bond donors (Lipinski definition) is 4. The third-order valence-corrected chi connectivity index (χ3v) is 3.87. The number of carbonyl (C=O) groups is 3. The zero-order valence-corrected chi connectivity index (χ0v) is 14.0. The third-order valence-electron chi connectivity index (χ3n) is 2.87. The molecule has 0 aromatic heterocycles. The predicted octanol–water partition coefficient (Wildman–Crippen LogP) is -0.986. The maximum Gasteiger partial charge on any atom is 0.243 e. The monoisotopic (exact) mass is 357 g/mol. The lowest BCUT2D eigenvalue weighted by Crippen LogP contribution is -3.03. The van der Waals surface area contributed by atoms with Crippen LogP contribution in [0.2, 0.25) is 0 Å². The van der Waals surface area contributed by atoms with E-state index in [1.165, 1.54) is 14.0 Å². The highest BCUT2D eigenvalue weighted by molar-refractivity contribution is 8.14. The van der Waals surface area contributed by atoms with Crippen LogP contribution in [0.1, 0.15) is 22.8 Å². The summed E-state index contributed by atoms with van der Waals surface area (Å²) in [4.78, 5) is 39.3. The minimum atomic E-state index is -1.37. The van der Waals surface area contributed by atoms with E-state index < -0.39 is 11.4 Å². The average molecular weight is 357 g/mol. The highest BCUT2D eigenvalue weighted by Gasteiger charge is 2.20. The summed E-state index contributed by atoms with van der Waals surface area (Å²) in [6.45, 7) is 1.19. The average Bonchev–Trinajstić information content (AvgIpc) is 2.55. The van der Waals surface area contributed by atoms with E-state index in [-0.39, 0.29) is 29.3 Å². The van der Waals surface area contributed by atoms with Crippen molar-refractivity contribution in [1.82, 2.24) is 10.6 Å². The van der Waals surface area contributed by atoms with E-state index in [1.54, 1.807) is 24.3 Å². The Morgan fingerprint density at radius 1 is 1.33 bits per heavy atom. The van der Waals surface area contributed by atoms with Crippen molar-refractivity contribution in [3.63, 3.8) is 0 Å². The molecule has 1 aromatic rings. The first kappa shape index (κ1) is 20.1. The quantitative estimate of drug-likeness (QED) is 0.439. The molecular weight excluding hydrogens is 338 g/mol. The summed E-state index contributed by atoms with van der Waals surface area (Å²) in [5.41, 5.74) is 1.01. The number of likely N-dealkylation sites (N-methyl/N-ethyl adjacent to an activating group) is 1. The highest BCUT2D eigenvalue weighted by Crippen LogP contribution is 2.15. The van der Waals surface area contributed by atoms with E-state index >= 15 is 0 Å². The van der Waals surface area contributed by atoms with Gasteiger partial charge >= 0.3 is 0 Å². The molecule has 1 unspecified atom stereocenters. The van der Waals surface area contributed by atoms with Gasteiger partial charge in [0.1, 0.15) is 12.6 Å². The van der Waals surface area contributed by atoms with Crippen molar-refractivity contribution in [3.8, 4) is 0 Å². The fourth-order valence-corrected chi connectivity index (χ4v) is 2.58. The Hall–Kier alpha value is -1.98. The Morgan fingerprint density at radius 2 is 1.96 bits per heavy atom. The Bertz CT molecular complexity index is 578. The largest absolute Gasteiger partial charge is 0.566 e. The Labute approximate surface area is 142 Å². The molecular formula is C14H19N3O6S. The number of rotatable bonds is 8. The molecule has 2 atom stereocenters. The van der Waals surface area contributed by atoms with Crippen molar-refractivity contribution >= 4 is 28.7 Å². The molecule has 0 aliphatic heterocycles. The normalized spacial score (nSPS) is 13.0. The van der Waals surface area contributed by atoms with Gasteiger partial charge in [0.15, 0.2) is 0 Å². The van der Waals surface area contributed by atoms with Gasteiger partial charge in [-0.3, -0.25) is 14.4 Å². The molecule has 132 valence electrons. The summed E-state index contributed by atoms with van der Waals surface area (Å²) in [5, 5.41) is 22.0. The van der Waals surface area contributed by atoms with Crippen LogP contribution in [0.15, 0.2) is 24.3 Å². The molecule has 0 aliphatic carbocycles. The number of hydrogen-bond acceptors (Lipinski definition) is 7. The number of nitrogens with one attached hydrogen (secondary N) is 3. The van der Waals surface area contributed by atoms with Gasteiger partial charge in [0.2, 0.25) is 16.9 Å². The summed E-state index contributed by atoms with van der Waals surface area (Å²) in [6.07, 6.45) is 0. The molecule has 1 rings (SSSR count). The molecule has 9 nitrogen and oxygen atoms in total. The first-order valence-electron chi connectivity index (χ1n) is 6.94. The summed E-state index contributed by atoms with van der Waals surface area (Å²) >= 11 is 0.908. The minimum absolute atomic E-state index is 0.0990. The fourth-order valence-electron chi connectivity index (χ4n) is 1.73. The topological polar surface area (TPSA) is 132 Å². The van der Waals surface area contributed by atoms with Crippen LogP contribution in [0.25, 0.3) is 0 Å². The molecule has 0 aliphatic rings. The first-order valence-corrected chi connectivity index (χ1v) is 7.92.